The third-order valence-electron chi connectivity index (χ3n) is 1.19. The predicted molar refractivity (Wildman–Crippen MR) is 46.3 cm³/mol. The number of rotatable bonds is 2. The monoisotopic (exact) mass is 223 g/mol. The summed E-state index contributed by atoms with van der Waals surface area (Å²) < 4.78 is 0.856. The Labute approximate surface area is 78.6 Å². The Kier molecular flexibility index (Phi) is 3.06. The van der Waals surface area contributed by atoms with E-state index >= 15 is 0 Å². The van der Waals surface area contributed by atoms with Gasteiger partial charge in [0.15, 0.2) is 0 Å². The van der Waals surface area contributed by atoms with Crippen LogP contribution in [0.15, 0.2) is 24.4 Å². The van der Waals surface area contributed by atoms with Gasteiger partial charge >= 0.3 is 78.2 Å². The number of hydrogen-bond donors (Lipinski definition) is 1. The summed E-state index contributed by atoms with van der Waals surface area (Å²) in [6.45, 7) is 0. The Morgan fingerprint density at radius 2 is 2.33 bits per heavy atom. The molecule has 1 rings (SSSR count). The van der Waals surface area contributed by atoms with Crippen LogP contribution in [0, 0.1) is 0 Å². The molecule has 1 N–H and O–H groups in total. The number of hydrogen-bond acceptors (Lipinski definition) is 2. The summed E-state index contributed by atoms with van der Waals surface area (Å²) in [6, 6.07) is 3.61. The quantitative estimate of drug-likeness (QED) is 0.566. The first-order chi connectivity index (χ1) is 5.68. The molecule has 0 aliphatic rings. The average molecular weight is 223 g/mol. The molecule has 0 bridgehead atoms. The van der Waals surface area contributed by atoms with Gasteiger partial charge in [0, 0.05) is 0 Å². The Morgan fingerprint density at radius 3 is 2.83 bits per heavy atom. The van der Waals surface area contributed by atoms with E-state index in [1.165, 1.54) is 6.08 Å². The third-order valence-corrected chi connectivity index (χ3v) is 1.74. The van der Waals surface area contributed by atoms with Crippen LogP contribution < -0.4 is 4.48 Å². The van der Waals surface area contributed by atoms with Gasteiger partial charge in [0.2, 0.25) is 0 Å². The fraction of sp³-hybridized carbons (Fsp3) is 0. The molecule has 0 aliphatic heterocycles. The van der Waals surface area contributed by atoms with Crippen molar-refractivity contribution in [3.8, 4) is 0 Å². The summed E-state index contributed by atoms with van der Waals surface area (Å²) in [5, 5.41) is 8.32. The first-order valence-corrected chi connectivity index (χ1v) is 4.18. The molecule has 0 spiro atoms. The van der Waals surface area contributed by atoms with E-state index in [-0.39, 0.29) is 0 Å². The van der Waals surface area contributed by atoms with Crippen LogP contribution >= 0.6 is 0 Å². The molecule has 0 fully saturated rings. The Bertz CT molecular complexity index is 305. The second-order valence-corrected chi connectivity index (χ2v) is 3.08. The zero-order valence-electron chi connectivity index (χ0n) is 6.14. The summed E-state index contributed by atoms with van der Waals surface area (Å²) in [6.07, 6.45) is 4.20. The molecule has 0 saturated heterocycles. The average Bonchev–Trinajstić information content (AvgIpc) is 2.03. The Hall–Kier alpha value is -1.08. The molecule has 12 heavy (non-hydrogen) atoms. The van der Waals surface area contributed by atoms with Crippen molar-refractivity contribution in [3.63, 3.8) is 0 Å². The fourth-order valence-electron chi connectivity index (χ4n) is 0.664. The minimum absolute atomic E-state index is 0.784. The van der Waals surface area contributed by atoms with Crippen molar-refractivity contribution in [1.29, 1.82) is 0 Å². The molecule has 0 amide bonds. The van der Waals surface area contributed by atoms with Gasteiger partial charge in [0.05, 0.1) is 0 Å². The Morgan fingerprint density at radius 1 is 1.58 bits per heavy atom. The van der Waals surface area contributed by atoms with Gasteiger partial charge in [-0.3, -0.25) is 0 Å². The van der Waals surface area contributed by atoms with Crippen molar-refractivity contribution < 1.29 is 9.90 Å². The van der Waals surface area contributed by atoms with Gasteiger partial charge in [0.1, 0.15) is 0 Å². The molecule has 4 heteroatoms. The van der Waals surface area contributed by atoms with Crippen LogP contribution in [0.2, 0.25) is 0 Å². The summed E-state index contributed by atoms with van der Waals surface area (Å²) in [5.41, 5.74) is 0.784. The van der Waals surface area contributed by atoms with Crippen molar-refractivity contribution >= 4 is 33.4 Å². The summed E-state index contributed by atoms with van der Waals surface area (Å²) in [5.74, 6) is -0.952. The normalized spacial score (nSPS) is 10.4. The van der Waals surface area contributed by atoms with E-state index in [0.29, 0.717) is 0 Å². The maximum absolute atomic E-state index is 10.1. The maximum atomic E-state index is 10.1. The van der Waals surface area contributed by atoms with Crippen LogP contribution in [0.1, 0.15) is 5.56 Å². The SMILES string of the molecule is O=C(O)C=Cc1ccc([As])nc1. The summed E-state index contributed by atoms with van der Waals surface area (Å²) in [7, 11) is 0. The van der Waals surface area contributed by atoms with Crippen LogP contribution in [0.25, 0.3) is 6.08 Å². The molecule has 1 aromatic rings. The molecule has 0 aromatic carbocycles. The van der Waals surface area contributed by atoms with Gasteiger partial charge in [-0.15, -0.1) is 0 Å². The number of carboxylic acid groups (broad SMARTS) is 1. The van der Waals surface area contributed by atoms with Crippen molar-refractivity contribution in [1.82, 2.24) is 4.98 Å². The minimum atomic E-state index is -0.952. The van der Waals surface area contributed by atoms with Crippen LogP contribution in [0.3, 0.4) is 0 Å². The molecule has 0 saturated carbocycles. The molecule has 0 aliphatic carbocycles. The van der Waals surface area contributed by atoms with Gasteiger partial charge in [-0.2, -0.15) is 0 Å². The zero-order chi connectivity index (χ0) is 8.97. The molecular weight excluding hydrogens is 217 g/mol. The van der Waals surface area contributed by atoms with Crippen LogP contribution in [-0.2, 0) is 4.79 Å². The first-order valence-electron chi connectivity index (χ1n) is 3.24. The second-order valence-electron chi connectivity index (χ2n) is 2.12. The van der Waals surface area contributed by atoms with Crippen LogP contribution in [-0.4, -0.2) is 32.9 Å². The van der Waals surface area contributed by atoms with E-state index in [9.17, 15) is 4.79 Å². The van der Waals surface area contributed by atoms with Crippen molar-refractivity contribution in [3.05, 3.63) is 30.0 Å². The molecule has 0 atom stereocenters. The fourth-order valence-corrected chi connectivity index (χ4v) is 0.941. The molecule has 60 valence electrons. The zero-order valence-corrected chi connectivity index (χ0v) is 8.01. The molecule has 0 unspecified atom stereocenters. The number of aromatic nitrogens is 1. The topological polar surface area (TPSA) is 50.2 Å². The molecule has 1 aromatic heterocycles. The van der Waals surface area contributed by atoms with E-state index < -0.39 is 5.97 Å². The van der Waals surface area contributed by atoms with Crippen LogP contribution in [0.5, 0.6) is 0 Å². The van der Waals surface area contributed by atoms with Crippen molar-refractivity contribution in [2.75, 3.05) is 0 Å². The summed E-state index contributed by atoms with van der Waals surface area (Å²) in [4.78, 5) is 14.1. The number of nitrogens with zero attached hydrogens (tertiary/aromatic N) is 1. The standard InChI is InChI=1S/C8H6AsNO2/c9-7-3-1-6(5-10-7)2-4-8(11)12/h1-5H,(H,11,12). The van der Waals surface area contributed by atoms with Crippen molar-refractivity contribution in [2.45, 2.75) is 0 Å². The van der Waals surface area contributed by atoms with Gasteiger partial charge in [-0.05, 0) is 0 Å². The molecule has 2 radical (unpaired) electrons. The van der Waals surface area contributed by atoms with Gasteiger partial charge in [-0.1, -0.05) is 0 Å². The van der Waals surface area contributed by atoms with Gasteiger partial charge < -0.3 is 0 Å². The van der Waals surface area contributed by atoms with Crippen LogP contribution in [0.4, 0.5) is 0 Å². The number of carboxylic acids is 1. The van der Waals surface area contributed by atoms with Crippen molar-refractivity contribution in [2.24, 2.45) is 0 Å². The second kappa shape index (κ2) is 4.07. The molecular formula is C8H6AsNO2. The number of aliphatic carboxylic acids is 1. The summed E-state index contributed by atoms with van der Waals surface area (Å²) >= 11 is 2.31. The van der Waals surface area contributed by atoms with E-state index in [4.69, 9.17) is 5.11 Å². The van der Waals surface area contributed by atoms with E-state index in [1.54, 1.807) is 12.3 Å². The van der Waals surface area contributed by atoms with E-state index in [1.807, 2.05) is 6.07 Å². The van der Waals surface area contributed by atoms with Gasteiger partial charge in [0.25, 0.3) is 0 Å². The third kappa shape index (κ3) is 2.89. The number of pyridine rings is 1. The predicted octanol–water partition coefficient (Wildman–Crippen LogP) is -0.0268. The van der Waals surface area contributed by atoms with E-state index in [2.05, 4.69) is 21.8 Å². The number of carbonyl (C=O) groups is 1. The molecule has 3 nitrogen and oxygen atoms in total. The van der Waals surface area contributed by atoms with Gasteiger partial charge in [-0.25, -0.2) is 0 Å². The van der Waals surface area contributed by atoms with E-state index in [0.717, 1.165) is 16.1 Å². The first kappa shape index (κ1) is 9.01. The Balaban J connectivity index is 2.77. The molecule has 1 heterocycles.